The minimum Gasteiger partial charge on any atom is -0.494 e. The summed E-state index contributed by atoms with van der Waals surface area (Å²) in [5, 5.41) is 0. The van der Waals surface area contributed by atoms with Crippen molar-refractivity contribution in [3.63, 3.8) is 0 Å². The van der Waals surface area contributed by atoms with Crippen LogP contribution in [0.3, 0.4) is 0 Å². The minimum atomic E-state index is 0.251. The predicted molar refractivity (Wildman–Crippen MR) is 82.4 cm³/mol. The maximum absolute atomic E-state index is 5.89. The zero-order chi connectivity index (χ0) is 14.6. The molecule has 2 N–H and O–H groups in total. The second-order valence-corrected chi connectivity index (χ2v) is 6.26. The fourth-order valence-electron chi connectivity index (χ4n) is 2.09. The number of rotatable bonds is 5. The van der Waals surface area contributed by atoms with Gasteiger partial charge in [-0.15, -0.1) is 0 Å². The summed E-state index contributed by atoms with van der Waals surface area (Å²) >= 11 is 0. The van der Waals surface area contributed by atoms with Crippen LogP contribution in [0.15, 0.2) is 18.2 Å². The number of benzene rings is 1. The molecule has 0 fully saturated rings. The monoisotopic (exact) mass is 264 g/mol. The van der Waals surface area contributed by atoms with E-state index in [2.05, 4.69) is 39.6 Å². The van der Waals surface area contributed by atoms with Gasteiger partial charge in [0.05, 0.1) is 6.61 Å². The third-order valence-electron chi connectivity index (χ3n) is 3.72. The lowest BCUT2D eigenvalue weighted by Gasteiger charge is -2.35. The van der Waals surface area contributed by atoms with Crippen molar-refractivity contribution in [1.82, 2.24) is 4.90 Å². The van der Waals surface area contributed by atoms with Crippen molar-refractivity contribution in [3.05, 3.63) is 23.8 Å². The van der Waals surface area contributed by atoms with Crippen LogP contribution in [-0.2, 0) is 6.54 Å². The zero-order valence-corrected chi connectivity index (χ0v) is 13.2. The van der Waals surface area contributed by atoms with E-state index >= 15 is 0 Å². The average molecular weight is 264 g/mol. The van der Waals surface area contributed by atoms with Crippen molar-refractivity contribution >= 4 is 5.69 Å². The van der Waals surface area contributed by atoms with E-state index in [0.29, 0.717) is 12.6 Å². The van der Waals surface area contributed by atoms with E-state index in [0.717, 1.165) is 23.5 Å². The SMILES string of the molecule is CCOc1ccc(N)cc1CN(C)C(C)C(C)(C)C. The quantitative estimate of drug-likeness (QED) is 0.827. The Balaban J connectivity index is 2.89. The molecule has 0 saturated carbocycles. The molecule has 0 heterocycles. The molecule has 0 aliphatic heterocycles. The number of nitrogen functional groups attached to an aromatic ring is 1. The number of nitrogens with two attached hydrogens (primary N) is 1. The molecule has 0 spiro atoms. The molecule has 0 bridgehead atoms. The highest BCUT2D eigenvalue weighted by Gasteiger charge is 2.24. The molecule has 1 atom stereocenters. The van der Waals surface area contributed by atoms with Gasteiger partial charge in [0.15, 0.2) is 0 Å². The van der Waals surface area contributed by atoms with Crippen molar-refractivity contribution in [3.8, 4) is 5.75 Å². The lowest BCUT2D eigenvalue weighted by molar-refractivity contribution is 0.133. The first-order valence-corrected chi connectivity index (χ1v) is 6.97. The van der Waals surface area contributed by atoms with Crippen molar-refractivity contribution in [2.24, 2.45) is 5.41 Å². The number of nitrogens with zero attached hydrogens (tertiary/aromatic N) is 1. The van der Waals surface area contributed by atoms with Crippen LogP contribution in [0.2, 0.25) is 0 Å². The van der Waals surface area contributed by atoms with Gasteiger partial charge in [-0.2, -0.15) is 0 Å². The minimum absolute atomic E-state index is 0.251. The third-order valence-corrected chi connectivity index (χ3v) is 3.72. The lowest BCUT2D eigenvalue weighted by atomic mass is 9.87. The lowest BCUT2D eigenvalue weighted by Crippen LogP contribution is -2.38. The number of ether oxygens (including phenoxy) is 1. The standard InChI is InChI=1S/C16H28N2O/c1-7-19-15-9-8-14(17)10-13(15)11-18(6)12(2)16(3,4)5/h8-10,12H,7,11,17H2,1-6H3. The van der Waals surface area contributed by atoms with Gasteiger partial charge in [-0.3, -0.25) is 4.90 Å². The molecule has 1 aromatic carbocycles. The van der Waals surface area contributed by atoms with Crippen molar-refractivity contribution in [2.75, 3.05) is 19.4 Å². The Morgan fingerprint density at radius 1 is 1.32 bits per heavy atom. The Hall–Kier alpha value is -1.22. The van der Waals surface area contributed by atoms with Crippen molar-refractivity contribution in [2.45, 2.75) is 47.2 Å². The molecule has 108 valence electrons. The first-order valence-electron chi connectivity index (χ1n) is 6.97. The largest absolute Gasteiger partial charge is 0.494 e. The van der Waals surface area contributed by atoms with Crippen LogP contribution in [0.1, 0.15) is 40.2 Å². The van der Waals surface area contributed by atoms with Crippen LogP contribution in [-0.4, -0.2) is 24.6 Å². The van der Waals surface area contributed by atoms with Crippen LogP contribution in [0.4, 0.5) is 5.69 Å². The summed E-state index contributed by atoms with van der Waals surface area (Å²) in [5.41, 5.74) is 8.08. The zero-order valence-electron chi connectivity index (χ0n) is 13.2. The highest BCUT2D eigenvalue weighted by Crippen LogP contribution is 2.27. The van der Waals surface area contributed by atoms with Crippen LogP contribution in [0.25, 0.3) is 0 Å². The second-order valence-electron chi connectivity index (χ2n) is 6.26. The van der Waals surface area contributed by atoms with Gasteiger partial charge in [0.1, 0.15) is 5.75 Å². The molecule has 1 unspecified atom stereocenters. The van der Waals surface area contributed by atoms with Crippen LogP contribution in [0, 0.1) is 5.41 Å². The van der Waals surface area contributed by atoms with E-state index in [1.807, 2.05) is 25.1 Å². The fraction of sp³-hybridized carbons (Fsp3) is 0.625. The first-order chi connectivity index (χ1) is 8.75. The fourth-order valence-corrected chi connectivity index (χ4v) is 2.09. The predicted octanol–water partition coefficient (Wildman–Crippen LogP) is 3.53. The van der Waals surface area contributed by atoms with Crippen LogP contribution in [0.5, 0.6) is 5.75 Å². The second kappa shape index (κ2) is 6.29. The molecule has 3 heteroatoms. The van der Waals surface area contributed by atoms with Gasteiger partial charge in [-0.05, 0) is 44.5 Å². The van der Waals surface area contributed by atoms with Gasteiger partial charge in [-0.1, -0.05) is 20.8 Å². The number of hydrogen-bond acceptors (Lipinski definition) is 3. The summed E-state index contributed by atoms with van der Waals surface area (Å²) in [7, 11) is 2.15. The first kappa shape index (κ1) is 15.8. The Morgan fingerprint density at radius 2 is 1.95 bits per heavy atom. The normalized spacial score (nSPS) is 13.6. The summed E-state index contributed by atoms with van der Waals surface area (Å²) in [6.07, 6.45) is 0. The van der Waals surface area contributed by atoms with E-state index in [9.17, 15) is 0 Å². The van der Waals surface area contributed by atoms with E-state index < -0.39 is 0 Å². The summed E-state index contributed by atoms with van der Waals surface area (Å²) in [6.45, 7) is 12.6. The summed E-state index contributed by atoms with van der Waals surface area (Å²) in [4.78, 5) is 2.34. The van der Waals surface area contributed by atoms with Gasteiger partial charge in [0.25, 0.3) is 0 Å². The maximum atomic E-state index is 5.89. The van der Waals surface area contributed by atoms with E-state index in [4.69, 9.17) is 10.5 Å². The molecule has 19 heavy (non-hydrogen) atoms. The molecule has 3 nitrogen and oxygen atoms in total. The Labute approximate surface area is 117 Å². The third kappa shape index (κ3) is 4.43. The van der Waals surface area contributed by atoms with Crippen LogP contribution >= 0.6 is 0 Å². The van der Waals surface area contributed by atoms with Gasteiger partial charge in [-0.25, -0.2) is 0 Å². The Bertz CT molecular complexity index is 410. The Kier molecular flexibility index (Phi) is 5.24. The number of anilines is 1. The van der Waals surface area contributed by atoms with Gasteiger partial charge in [0, 0.05) is 23.8 Å². The average Bonchev–Trinajstić information content (AvgIpc) is 2.30. The molecule has 0 aliphatic rings. The molecular weight excluding hydrogens is 236 g/mol. The summed E-state index contributed by atoms with van der Waals surface area (Å²) < 4.78 is 5.68. The van der Waals surface area contributed by atoms with E-state index in [1.54, 1.807) is 0 Å². The topological polar surface area (TPSA) is 38.5 Å². The molecule has 0 amide bonds. The summed E-state index contributed by atoms with van der Waals surface area (Å²) in [6, 6.07) is 6.34. The maximum Gasteiger partial charge on any atom is 0.123 e. The molecular formula is C16H28N2O. The van der Waals surface area contributed by atoms with Gasteiger partial charge < -0.3 is 10.5 Å². The molecule has 0 aliphatic carbocycles. The van der Waals surface area contributed by atoms with Crippen molar-refractivity contribution in [1.29, 1.82) is 0 Å². The summed E-state index contributed by atoms with van der Waals surface area (Å²) in [5.74, 6) is 0.935. The van der Waals surface area contributed by atoms with Crippen molar-refractivity contribution < 1.29 is 4.74 Å². The molecule has 0 aromatic heterocycles. The van der Waals surface area contributed by atoms with E-state index in [-0.39, 0.29) is 5.41 Å². The van der Waals surface area contributed by atoms with Gasteiger partial charge in [0.2, 0.25) is 0 Å². The number of hydrogen-bond donors (Lipinski definition) is 1. The smallest absolute Gasteiger partial charge is 0.123 e. The van der Waals surface area contributed by atoms with Gasteiger partial charge >= 0.3 is 0 Å². The molecule has 1 rings (SSSR count). The molecule has 0 radical (unpaired) electrons. The highest BCUT2D eigenvalue weighted by molar-refractivity contribution is 5.47. The highest BCUT2D eigenvalue weighted by atomic mass is 16.5. The molecule has 0 saturated heterocycles. The van der Waals surface area contributed by atoms with Crippen LogP contribution < -0.4 is 10.5 Å². The van der Waals surface area contributed by atoms with E-state index in [1.165, 1.54) is 0 Å². The Morgan fingerprint density at radius 3 is 2.47 bits per heavy atom. The molecule has 1 aromatic rings.